The van der Waals surface area contributed by atoms with E-state index in [1.165, 1.54) is 44.6 Å². The smallest absolute Gasteiger partial charge is 0.116 e. The Labute approximate surface area is 199 Å². The molecule has 0 aromatic carbocycles. The summed E-state index contributed by atoms with van der Waals surface area (Å²) in [5, 5.41) is 0. The Bertz CT molecular complexity index is 740. The van der Waals surface area contributed by atoms with E-state index < -0.39 is 0 Å². The summed E-state index contributed by atoms with van der Waals surface area (Å²) < 4.78 is 6.86. The summed E-state index contributed by atoms with van der Waals surface area (Å²) in [6.45, 7) is 26.7. The first-order valence-corrected chi connectivity index (χ1v) is 10.3. The molecule has 0 amide bonds. The van der Waals surface area contributed by atoms with Crippen LogP contribution in [-0.4, -0.2) is 12.2 Å². The maximum atomic E-state index is 6.86. The Balaban J connectivity index is 0.00000261. The van der Waals surface area contributed by atoms with E-state index in [2.05, 4.69) is 76.2 Å². The topological polar surface area (TPSA) is 9.23 Å². The predicted octanol–water partition coefficient (Wildman–Crippen LogP) is 7.17. The zero-order valence-electron chi connectivity index (χ0n) is 19.3. The number of ether oxygens (including phenoxy) is 1. The van der Waals surface area contributed by atoms with E-state index in [0.717, 1.165) is 13.0 Å². The van der Waals surface area contributed by atoms with Crippen molar-refractivity contribution in [3.8, 4) is 0 Å². The fourth-order valence-electron chi connectivity index (χ4n) is 6.18. The van der Waals surface area contributed by atoms with E-state index in [4.69, 9.17) is 4.74 Å². The summed E-state index contributed by atoms with van der Waals surface area (Å²) in [4.78, 5) is 0. The van der Waals surface area contributed by atoms with E-state index in [-0.39, 0.29) is 56.8 Å². The van der Waals surface area contributed by atoms with E-state index in [1.54, 1.807) is 0 Å². The molecule has 1 heterocycles. The first-order chi connectivity index (χ1) is 11.8. The largest absolute Gasteiger partial charge is 0.366 e. The van der Waals surface area contributed by atoms with Crippen molar-refractivity contribution in [2.24, 2.45) is 16.7 Å². The van der Waals surface area contributed by atoms with Gasteiger partial charge in [-0.25, -0.2) is 0 Å². The van der Waals surface area contributed by atoms with Crippen molar-refractivity contribution >= 4 is 0 Å². The normalized spacial score (nSPS) is 29.2. The first kappa shape index (κ1) is 23.5. The summed E-state index contributed by atoms with van der Waals surface area (Å²) in [6.07, 6.45) is 1.13. The summed E-state index contributed by atoms with van der Waals surface area (Å²) in [5.41, 5.74) is 11.7. The number of hydrogen-bond acceptors (Lipinski definition) is 1. The Hall–Kier alpha value is 0.258. The molecule has 2 heteroatoms. The maximum absolute atomic E-state index is 6.86. The fourth-order valence-corrected chi connectivity index (χ4v) is 6.18. The predicted molar refractivity (Wildman–Crippen MR) is 112 cm³/mol. The fraction of sp³-hybridized carbons (Fsp3) is 0.680. The van der Waals surface area contributed by atoms with Gasteiger partial charge in [0, 0.05) is 57.8 Å². The van der Waals surface area contributed by atoms with Crippen molar-refractivity contribution in [2.45, 2.75) is 88.2 Å². The molecule has 27 heavy (non-hydrogen) atoms. The molecule has 0 saturated carbocycles. The van der Waals surface area contributed by atoms with Gasteiger partial charge in [-0.15, -0.1) is 0 Å². The van der Waals surface area contributed by atoms with Crippen LogP contribution in [0.3, 0.4) is 0 Å². The molecule has 1 unspecified atom stereocenters. The van der Waals surface area contributed by atoms with Crippen molar-refractivity contribution in [3.63, 3.8) is 0 Å². The minimum atomic E-state index is -0.279. The van der Waals surface area contributed by atoms with E-state index in [0.29, 0.717) is 5.92 Å². The third-order valence-corrected chi connectivity index (χ3v) is 8.44. The van der Waals surface area contributed by atoms with Crippen molar-refractivity contribution in [2.75, 3.05) is 6.61 Å². The van der Waals surface area contributed by atoms with Gasteiger partial charge in [0.05, 0.1) is 0 Å². The van der Waals surface area contributed by atoms with Crippen LogP contribution in [0.15, 0.2) is 44.6 Å². The van der Waals surface area contributed by atoms with Crippen molar-refractivity contribution in [1.82, 2.24) is 0 Å². The molecule has 3 aliphatic rings. The maximum Gasteiger partial charge on any atom is 0.116 e. The van der Waals surface area contributed by atoms with Crippen LogP contribution in [0.25, 0.3) is 0 Å². The summed E-state index contributed by atoms with van der Waals surface area (Å²) in [5.74, 6) is 0.494. The number of allylic oxidation sites excluding steroid dienone is 6. The molecule has 1 saturated heterocycles. The van der Waals surface area contributed by atoms with Gasteiger partial charge >= 0.3 is 0 Å². The second-order valence-corrected chi connectivity index (χ2v) is 10.0. The van der Waals surface area contributed by atoms with Crippen molar-refractivity contribution in [3.05, 3.63) is 44.6 Å². The molecule has 3 rings (SSSR count). The monoisotopic (exact) mass is 506 g/mol. The molecule has 0 radical (unpaired) electrons. The molecule has 2 aliphatic carbocycles. The van der Waals surface area contributed by atoms with E-state index in [1.807, 2.05) is 0 Å². The summed E-state index contributed by atoms with van der Waals surface area (Å²) >= 11 is 0. The van der Waals surface area contributed by atoms with Crippen LogP contribution >= 0.6 is 0 Å². The van der Waals surface area contributed by atoms with Crippen LogP contribution in [0, 0.1) is 57.1 Å². The molecular formula is C25H38OSm. The minimum Gasteiger partial charge on any atom is -0.366 e. The van der Waals surface area contributed by atoms with E-state index >= 15 is 0 Å². The van der Waals surface area contributed by atoms with Gasteiger partial charge in [0.25, 0.3) is 0 Å². The number of rotatable bonds is 2. The SMILES string of the molecule is CC1=C(C)C(C)(C)C(C2(C3=C(C)C(C)=C(C)C3(C)C)OCCC2C)=C1C.[Sm]. The zero-order valence-corrected chi connectivity index (χ0v) is 21.9. The van der Waals surface area contributed by atoms with Gasteiger partial charge in [-0.2, -0.15) is 0 Å². The number of hydrogen-bond donors (Lipinski definition) is 0. The molecule has 0 aromatic rings. The van der Waals surface area contributed by atoms with Gasteiger partial charge in [-0.1, -0.05) is 45.8 Å². The molecule has 0 bridgehead atoms. The summed E-state index contributed by atoms with van der Waals surface area (Å²) in [7, 11) is 0. The molecule has 1 atom stereocenters. The van der Waals surface area contributed by atoms with E-state index in [9.17, 15) is 0 Å². The molecular weight excluding hydrogens is 467 g/mol. The second-order valence-electron chi connectivity index (χ2n) is 10.0. The van der Waals surface area contributed by atoms with Crippen LogP contribution < -0.4 is 0 Å². The van der Waals surface area contributed by atoms with Gasteiger partial charge < -0.3 is 4.74 Å². The van der Waals surface area contributed by atoms with Gasteiger partial charge in [0.15, 0.2) is 0 Å². The van der Waals surface area contributed by atoms with Crippen LogP contribution in [0.5, 0.6) is 0 Å². The third kappa shape index (κ3) is 2.88. The van der Waals surface area contributed by atoms with Crippen LogP contribution in [0.2, 0.25) is 0 Å². The first-order valence-electron chi connectivity index (χ1n) is 10.3. The van der Waals surface area contributed by atoms with Crippen molar-refractivity contribution in [1.29, 1.82) is 0 Å². The Kier molecular flexibility index (Phi) is 6.27. The third-order valence-electron chi connectivity index (χ3n) is 8.44. The van der Waals surface area contributed by atoms with Crippen LogP contribution in [0.4, 0.5) is 0 Å². The quantitative estimate of drug-likeness (QED) is 0.387. The molecule has 1 fully saturated rings. The second kappa shape index (κ2) is 7.19. The standard InChI is InChI=1S/C25H38O.Sm/c1-14-12-13-26-25(14,21-17(4)15(2)19(6)23(21,8)9)22-18(5)16(3)20(7)24(22,10)11;/h14H,12-13H2,1-11H3;. The molecule has 0 aromatic heterocycles. The Morgan fingerprint density at radius 1 is 0.704 bits per heavy atom. The summed E-state index contributed by atoms with van der Waals surface area (Å²) in [6, 6.07) is 0. The van der Waals surface area contributed by atoms with Crippen LogP contribution in [0.1, 0.15) is 82.6 Å². The molecule has 0 spiro atoms. The molecule has 1 aliphatic heterocycles. The van der Waals surface area contributed by atoms with Gasteiger partial charge in [-0.05, 0) is 87.3 Å². The van der Waals surface area contributed by atoms with Crippen molar-refractivity contribution < 1.29 is 45.1 Å². The average Bonchev–Trinajstić information content (AvgIpc) is 3.03. The Morgan fingerprint density at radius 2 is 1.07 bits per heavy atom. The average molecular weight is 505 g/mol. The Morgan fingerprint density at radius 3 is 1.30 bits per heavy atom. The van der Waals surface area contributed by atoms with Gasteiger partial charge in [0.2, 0.25) is 0 Å². The zero-order chi connectivity index (χ0) is 19.8. The van der Waals surface area contributed by atoms with Gasteiger partial charge in [0.1, 0.15) is 5.60 Å². The van der Waals surface area contributed by atoms with Gasteiger partial charge in [-0.3, -0.25) is 0 Å². The molecule has 1 nitrogen and oxygen atoms in total. The molecule has 0 N–H and O–H groups in total. The minimum absolute atomic E-state index is 0. The molecule has 150 valence electrons. The van der Waals surface area contributed by atoms with Crippen LogP contribution in [-0.2, 0) is 4.74 Å².